The molecule has 0 radical (unpaired) electrons. The fraction of sp³-hybridized carbons (Fsp3) is 0.429. The molecule has 1 fully saturated rings. The number of halogens is 1. The van der Waals surface area contributed by atoms with Crippen molar-refractivity contribution in [1.29, 1.82) is 5.26 Å². The number of amides is 1. The van der Waals surface area contributed by atoms with Gasteiger partial charge in [-0.05, 0) is 47.4 Å². The van der Waals surface area contributed by atoms with Crippen LogP contribution in [0.1, 0.15) is 12.8 Å². The number of carbonyl (C=O) groups is 1. The first-order valence-electron chi connectivity index (χ1n) is 6.35. The Kier molecular flexibility index (Phi) is 4.94. The quantitative estimate of drug-likeness (QED) is 0.931. The summed E-state index contributed by atoms with van der Waals surface area (Å²) in [7, 11) is 0. The second kappa shape index (κ2) is 6.69. The van der Waals surface area contributed by atoms with E-state index in [1.807, 2.05) is 29.2 Å². The van der Waals surface area contributed by atoms with Crippen molar-refractivity contribution in [2.24, 2.45) is 5.92 Å². The Morgan fingerprint density at radius 1 is 1.53 bits per heavy atom. The van der Waals surface area contributed by atoms with E-state index in [0.717, 1.165) is 29.5 Å². The van der Waals surface area contributed by atoms with Crippen molar-refractivity contribution in [3.8, 4) is 6.07 Å². The molecule has 1 N–H and O–H groups in total. The van der Waals surface area contributed by atoms with Gasteiger partial charge in [-0.3, -0.25) is 9.69 Å². The summed E-state index contributed by atoms with van der Waals surface area (Å²) < 4.78 is 0.872. The number of likely N-dealkylation sites (tertiary alicyclic amines) is 1. The average molecular weight is 322 g/mol. The van der Waals surface area contributed by atoms with Gasteiger partial charge < -0.3 is 5.32 Å². The molecular weight excluding hydrogens is 306 g/mol. The number of nitrogens with one attached hydrogen (secondary N) is 1. The summed E-state index contributed by atoms with van der Waals surface area (Å²) in [6.45, 7) is 1.93. The minimum Gasteiger partial charge on any atom is -0.324 e. The van der Waals surface area contributed by atoms with Gasteiger partial charge in [0.2, 0.25) is 5.91 Å². The second-order valence-electron chi connectivity index (χ2n) is 4.73. The van der Waals surface area contributed by atoms with Gasteiger partial charge in [0, 0.05) is 11.0 Å². The lowest BCUT2D eigenvalue weighted by Gasteiger charge is -2.28. The van der Waals surface area contributed by atoms with Crippen LogP contribution < -0.4 is 5.32 Å². The molecule has 1 heterocycles. The second-order valence-corrected chi connectivity index (χ2v) is 5.59. The molecular formula is C14H16BrN3O. The van der Waals surface area contributed by atoms with E-state index in [1.165, 1.54) is 0 Å². The minimum absolute atomic E-state index is 0.0366. The summed E-state index contributed by atoms with van der Waals surface area (Å²) in [6, 6.07) is 9.82. The lowest BCUT2D eigenvalue weighted by Crippen LogP contribution is -2.40. The summed E-state index contributed by atoms with van der Waals surface area (Å²) in [6.07, 6.45) is 1.93. The number of para-hydroxylation sites is 1. The largest absolute Gasteiger partial charge is 0.324 e. The van der Waals surface area contributed by atoms with Crippen LogP contribution in [-0.4, -0.2) is 30.4 Å². The lowest BCUT2D eigenvalue weighted by molar-refractivity contribution is -0.117. The molecule has 100 valence electrons. The lowest BCUT2D eigenvalue weighted by atomic mass is 10.00. The highest BCUT2D eigenvalue weighted by atomic mass is 79.9. The molecule has 19 heavy (non-hydrogen) atoms. The molecule has 0 saturated carbocycles. The van der Waals surface area contributed by atoms with E-state index in [9.17, 15) is 4.79 Å². The van der Waals surface area contributed by atoms with Crippen molar-refractivity contribution in [3.05, 3.63) is 28.7 Å². The van der Waals surface area contributed by atoms with E-state index in [2.05, 4.69) is 27.3 Å². The topological polar surface area (TPSA) is 56.1 Å². The number of rotatable bonds is 3. The molecule has 4 nitrogen and oxygen atoms in total. The van der Waals surface area contributed by atoms with Crippen LogP contribution in [0.5, 0.6) is 0 Å². The van der Waals surface area contributed by atoms with Crippen LogP contribution in [0, 0.1) is 17.2 Å². The van der Waals surface area contributed by atoms with E-state index in [1.54, 1.807) is 0 Å². The standard InChI is InChI=1S/C14H16BrN3O/c15-12-5-1-2-6-13(12)17-14(19)10-18-7-3-4-11(8-16)9-18/h1-2,5-6,11H,3-4,7,9-10H2,(H,17,19). The molecule has 1 atom stereocenters. The van der Waals surface area contributed by atoms with Crippen LogP contribution in [0.2, 0.25) is 0 Å². The van der Waals surface area contributed by atoms with Crippen molar-refractivity contribution in [2.75, 3.05) is 25.0 Å². The molecule has 1 aromatic rings. The zero-order chi connectivity index (χ0) is 13.7. The molecule has 1 unspecified atom stereocenters. The van der Waals surface area contributed by atoms with E-state index >= 15 is 0 Å². The third-order valence-corrected chi connectivity index (χ3v) is 3.89. The van der Waals surface area contributed by atoms with Crippen LogP contribution in [0.25, 0.3) is 0 Å². The maximum atomic E-state index is 12.0. The number of anilines is 1. The zero-order valence-electron chi connectivity index (χ0n) is 10.6. The summed E-state index contributed by atoms with van der Waals surface area (Å²) in [5.74, 6) is 0.0236. The Bertz CT molecular complexity index is 498. The molecule has 1 aliphatic heterocycles. The molecule has 2 rings (SSSR count). The van der Waals surface area contributed by atoms with E-state index in [-0.39, 0.29) is 11.8 Å². The first-order chi connectivity index (χ1) is 9.19. The highest BCUT2D eigenvalue weighted by Gasteiger charge is 2.21. The van der Waals surface area contributed by atoms with Crippen LogP contribution in [0.3, 0.4) is 0 Å². The fourth-order valence-corrected chi connectivity index (χ4v) is 2.64. The van der Waals surface area contributed by atoms with Gasteiger partial charge >= 0.3 is 0 Å². The van der Waals surface area contributed by atoms with Crippen LogP contribution in [0.4, 0.5) is 5.69 Å². The van der Waals surface area contributed by atoms with Crippen molar-refractivity contribution < 1.29 is 4.79 Å². The molecule has 0 aliphatic carbocycles. The van der Waals surface area contributed by atoms with Gasteiger partial charge in [-0.2, -0.15) is 5.26 Å². The van der Waals surface area contributed by atoms with E-state index in [4.69, 9.17) is 5.26 Å². The summed E-state index contributed by atoms with van der Waals surface area (Å²) in [4.78, 5) is 14.0. The predicted octanol–water partition coefficient (Wildman–Crippen LogP) is 2.62. The first-order valence-corrected chi connectivity index (χ1v) is 7.14. The van der Waals surface area contributed by atoms with Gasteiger partial charge in [0.25, 0.3) is 0 Å². The monoisotopic (exact) mass is 321 g/mol. The molecule has 0 bridgehead atoms. The van der Waals surface area contributed by atoms with Gasteiger partial charge in [0.15, 0.2) is 0 Å². The Labute approximate surface area is 121 Å². The van der Waals surface area contributed by atoms with Gasteiger partial charge in [-0.25, -0.2) is 0 Å². The summed E-state index contributed by atoms with van der Waals surface area (Å²) >= 11 is 3.40. The molecule has 1 aliphatic rings. The van der Waals surface area contributed by atoms with Crippen LogP contribution in [-0.2, 0) is 4.79 Å². The summed E-state index contributed by atoms with van der Waals surface area (Å²) in [5, 5.41) is 11.8. The highest BCUT2D eigenvalue weighted by molar-refractivity contribution is 9.10. The Morgan fingerprint density at radius 2 is 2.32 bits per heavy atom. The number of piperidine rings is 1. The molecule has 1 aromatic carbocycles. The Hall–Kier alpha value is -1.38. The number of hydrogen-bond donors (Lipinski definition) is 1. The van der Waals surface area contributed by atoms with Crippen LogP contribution >= 0.6 is 15.9 Å². The van der Waals surface area contributed by atoms with Gasteiger partial charge in [-0.15, -0.1) is 0 Å². The number of benzene rings is 1. The van der Waals surface area contributed by atoms with Crippen molar-refractivity contribution in [3.63, 3.8) is 0 Å². The maximum absolute atomic E-state index is 12.0. The molecule has 0 aromatic heterocycles. The molecule has 5 heteroatoms. The molecule has 1 amide bonds. The zero-order valence-corrected chi connectivity index (χ0v) is 12.2. The van der Waals surface area contributed by atoms with Crippen molar-refractivity contribution in [1.82, 2.24) is 4.90 Å². The van der Waals surface area contributed by atoms with Gasteiger partial charge in [0.1, 0.15) is 0 Å². The number of carbonyl (C=O) groups excluding carboxylic acids is 1. The van der Waals surface area contributed by atoms with E-state index in [0.29, 0.717) is 13.1 Å². The smallest absolute Gasteiger partial charge is 0.238 e. The Morgan fingerprint density at radius 3 is 3.05 bits per heavy atom. The number of nitrogens with zero attached hydrogens (tertiary/aromatic N) is 2. The SMILES string of the molecule is N#CC1CCCN(CC(=O)Nc2ccccc2Br)C1. The predicted molar refractivity (Wildman–Crippen MR) is 77.5 cm³/mol. The van der Waals surface area contributed by atoms with Crippen molar-refractivity contribution in [2.45, 2.75) is 12.8 Å². The normalized spacial score (nSPS) is 19.7. The van der Waals surface area contributed by atoms with Gasteiger partial charge in [-0.1, -0.05) is 12.1 Å². The van der Waals surface area contributed by atoms with Crippen molar-refractivity contribution >= 4 is 27.5 Å². The van der Waals surface area contributed by atoms with Gasteiger partial charge in [0.05, 0.1) is 24.2 Å². The Balaban J connectivity index is 1.88. The minimum atomic E-state index is -0.0366. The maximum Gasteiger partial charge on any atom is 0.238 e. The van der Waals surface area contributed by atoms with Crippen LogP contribution in [0.15, 0.2) is 28.7 Å². The highest BCUT2D eigenvalue weighted by Crippen LogP contribution is 2.21. The number of hydrogen-bond acceptors (Lipinski definition) is 3. The summed E-state index contributed by atoms with van der Waals surface area (Å²) in [5.41, 5.74) is 0.779. The first kappa shape index (κ1) is 14.0. The molecule has 0 spiro atoms. The average Bonchev–Trinajstić information content (AvgIpc) is 2.41. The van der Waals surface area contributed by atoms with E-state index < -0.39 is 0 Å². The number of nitriles is 1. The fourth-order valence-electron chi connectivity index (χ4n) is 2.26. The molecule has 1 saturated heterocycles. The third-order valence-electron chi connectivity index (χ3n) is 3.20. The third kappa shape index (κ3) is 4.05.